The molecule has 4 heterocycles. The van der Waals surface area contributed by atoms with Gasteiger partial charge in [0.2, 0.25) is 11.9 Å². The van der Waals surface area contributed by atoms with Crippen LogP contribution in [0.2, 0.25) is 0 Å². The molecule has 1 amide bonds. The number of anilines is 4. The molecule has 0 spiro atoms. The Hall–Kier alpha value is -3.20. The number of nitrogens with one attached hydrogen (secondary N) is 1. The molecule has 0 atom stereocenters. The van der Waals surface area contributed by atoms with Crippen molar-refractivity contribution < 1.29 is 4.79 Å². The van der Waals surface area contributed by atoms with Crippen molar-refractivity contribution in [2.45, 2.75) is 18.9 Å². The summed E-state index contributed by atoms with van der Waals surface area (Å²) in [6.45, 7) is 5.69. The molecule has 2 aromatic rings. The molecular formula is C22H26N8O. The number of piperazine rings is 1. The number of hydrogen-bond donors (Lipinski definition) is 1. The van der Waals surface area contributed by atoms with Crippen molar-refractivity contribution in [3.05, 3.63) is 36.0 Å². The number of hydrogen-bond acceptors (Lipinski definition) is 8. The van der Waals surface area contributed by atoms with Crippen molar-refractivity contribution in [3.8, 4) is 0 Å². The van der Waals surface area contributed by atoms with Gasteiger partial charge in [0, 0.05) is 56.3 Å². The fourth-order valence-electron chi connectivity index (χ4n) is 4.46. The highest BCUT2D eigenvalue weighted by Crippen LogP contribution is 2.36. The molecule has 1 aromatic heterocycles. The van der Waals surface area contributed by atoms with Gasteiger partial charge in [-0.05, 0) is 44.2 Å². The molecule has 160 valence electrons. The first-order valence-corrected chi connectivity index (χ1v) is 11.0. The van der Waals surface area contributed by atoms with E-state index in [4.69, 9.17) is 4.98 Å². The molecule has 1 N–H and O–H groups in total. The average molecular weight is 419 g/mol. The third kappa shape index (κ3) is 3.29. The van der Waals surface area contributed by atoms with Crippen LogP contribution in [0, 0.1) is 0 Å². The van der Waals surface area contributed by atoms with Crippen LogP contribution in [-0.2, 0) is 0 Å². The minimum absolute atomic E-state index is 0.0301. The van der Waals surface area contributed by atoms with Crippen molar-refractivity contribution in [3.63, 3.8) is 0 Å². The van der Waals surface area contributed by atoms with E-state index in [9.17, 15) is 4.79 Å². The molecule has 0 unspecified atom stereocenters. The monoisotopic (exact) mass is 418 g/mol. The molecule has 1 aliphatic carbocycles. The molecule has 0 radical (unpaired) electrons. The Bertz CT molecular complexity index is 1040. The first kappa shape index (κ1) is 18.6. The number of aliphatic imine (C=N–C) groups is 1. The van der Waals surface area contributed by atoms with E-state index in [2.05, 4.69) is 61.3 Å². The number of guanidine groups is 1. The van der Waals surface area contributed by atoms with Crippen molar-refractivity contribution in [2.24, 2.45) is 4.99 Å². The van der Waals surface area contributed by atoms with Crippen LogP contribution in [0.3, 0.4) is 0 Å². The number of likely N-dealkylation sites (N-methyl/N-ethyl adjacent to an activating group) is 1. The summed E-state index contributed by atoms with van der Waals surface area (Å²) in [4.78, 5) is 35.4. The van der Waals surface area contributed by atoms with Gasteiger partial charge in [-0.15, -0.1) is 0 Å². The number of nitrogens with zero attached hydrogens (tertiary/aromatic N) is 7. The number of amides is 1. The van der Waals surface area contributed by atoms with E-state index in [1.165, 1.54) is 5.69 Å². The van der Waals surface area contributed by atoms with Gasteiger partial charge in [0.25, 0.3) is 5.91 Å². The highest BCUT2D eigenvalue weighted by molar-refractivity contribution is 6.18. The molecule has 2 fully saturated rings. The van der Waals surface area contributed by atoms with Gasteiger partial charge >= 0.3 is 0 Å². The largest absolute Gasteiger partial charge is 0.369 e. The van der Waals surface area contributed by atoms with Crippen molar-refractivity contribution in [2.75, 3.05) is 61.4 Å². The van der Waals surface area contributed by atoms with Crippen LogP contribution in [0.1, 0.15) is 23.2 Å². The minimum atomic E-state index is -0.0301. The zero-order valence-corrected chi connectivity index (χ0v) is 17.7. The second-order valence-corrected chi connectivity index (χ2v) is 8.63. The van der Waals surface area contributed by atoms with Gasteiger partial charge in [-0.2, -0.15) is 4.98 Å². The van der Waals surface area contributed by atoms with Gasteiger partial charge in [-0.3, -0.25) is 19.6 Å². The Morgan fingerprint density at radius 3 is 2.55 bits per heavy atom. The topological polar surface area (TPSA) is 80.2 Å². The van der Waals surface area contributed by atoms with Gasteiger partial charge in [0.05, 0.1) is 6.54 Å². The second kappa shape index (κ2) is 7.19. The summed E-state index contributed by atoms with van der Waals surface area (Å²) in [7, 11) is 2.16. The van der Waals surface area contributed by atoms with Gasteiger partial charge in [-0.25, -0.2) is 4.98 Å². The number of carbonyl (C=O) groups excluding carboxylic acids is 1. The molecular weight excluding hydrogens is 392 g/mol. The molecule has 9 nitrogen and oxygen atoms in total. The maximum atomic E-state index is 13.0. The van der Waals surface area contributed by atoms with E-state index in [1.54, 1.807) is 6.20 Å². The summed E-state index contributed by atoms with van der Waals surface area (Å²) in [5, 5.41) is 3.29. The first-order valence-electron chi connectivity index (χ1n) is 11.0. The summed E-state index contributed by atoms with van der Waals surface area (Å²) in [6, 6.07) is 8.65. The number of fused-ring (bicyclic) bond motifs is 3. The Labute approximate surface area is 181 Å². The van der Waals surface area contributed by atoms with E-state index in [0.717, 1.165) is 57.2 Å². The van der Waals surface area contributed by atoms with Crippen LogP contribution in [0.25, 0.3) is 0 Å². The van der Waals surface area contributed by atoms with Crippen molar-refractivity contribution in [1.29, 1.82) is 0 Å². The van der Waals surface area contributed by atoms with E-state index in [0.29, 0.717) is 23.9 Å². The molecule has 9 heteroatoms. The minimum Gasteiger partial charge on any atom is -0.369 e. The molecule has 0 bridgehead atoms. The van der Waals surface area contributed by atoms with Gasteiger partial charge in [0.15, 0.2) is 5.82 Å². The normalized spacial score (nSPS) is 21.1. The highest BCUT2D eigenvalue weighted by Gasteiger charge is 2.45. The Morgan fingerprint density at radius 2 is 1.81 bits per heavy atom. The molecule has 4 aliphatic rings. The summed E-state index contributed by atoms with van der Waals surface area (Å²) < 4.78 is 0. The van der Waals surface area contributed by atoms with Crippen molar-refractivity contribution >= 4 is 35.0 Å². The standard InChI is InChI=1S/C22H26N8O/c1-27-10-12-28(13-11-27)16-4-2-15(3-5-16)25-21-24-14-18-19(26-21)29-9-8-23-22(29)30(20(18)31)17-6-7-17/h2-5,14,17H,6-13H2,1H3,(H,24,25,26). The lowest BCUT2D eigenvalue weighted by Crippen LogP contribution is -2.51. The van der Waals surface area contributed by atoms with Crippen LogP contribution >= 0.6 is 0 Å². The molecule has 3 aliphatic heterocycles. The zero-order valence-electron chi connectivity index (χ0n) is 17.7. The van der Waals surface area contributed by atoms with Gasteiger partial charge < -0.3 is 15.1 Å². The highest BCUT2D eigenvalue weighted by atomic mass is 16.2. The zero-order chi connectivity index (χ0) is 20.9. The third-order valence-corrected chi connectivity index (χ3v) is 6.41. The maximum Gasteiger partial charge on any atom is 0.266 e. The Morgan fingerprint density at radius 1 is 1.03 bits per heavy atom. The van der Waals surface area contributed by atoms with Gasteiger partial charge in [0.1, 0.15) is 5.56 Å². The van der Waals surface area contributed by atoms with Crippen LogP contribution < -0.4 is 15.1 Å². The van der Waals surface area contributed by atoms with E-state index in [1.807, 2.05) is 4.90 Å². The molecule has 31 heavy (non-hydrogen) atoms. The number of benzene rings is 1. The Balaban J connectivity index is 1.22. The lowest BCUT2D eigenvalue weighted by atomic mass is 10.2. The van der Waals surface area contributed by atoms with Crippen LogP contribution in [0.4, 0.5) is 23.1 Å². The number of rotatable bonds is 4. The summed E-state index contributed by atoms with van der Waals surface area (Å²) in [5.74, 6) is 1.87. The van der Waals surface area contributed by atoms with Crippen LogP contribution in [-0.4, -0.2) is 84.0 Å². The predicted octanol–water partition coefficient (Wildman–Crippen LogP) is 1.77. The second-order valence-electron chi connectivity index (χ2n) is 8.63. The van der Waals surface area contributed by atoms with E-state index >= 15 is 0 Å². The first-order chi connectivity index (χ1) is 15.2. The number of aromatic nitrogens is 2. The quantitative estimate of drug-likeness (QED) is 0.811. The molecule has 6 rings (SSSR count). The Kier molecular flexibility index (Phi) is 4.31. The van der Waals surface area contributed by atoms with E-state index in [-0.39, 0.29) is 11.9 Å². The smallest absolute Gasteiger partial charge is 0.266 e. The summed E-state index contributed by atoms with van der Waals surface area (Å²) >= 11 is 0. The summed E-state index contributed by atoms with van der Waals surface area (Å²) in [6.07, 6.45) is 3.73. The molecule has 1 aromatic carbocycles. The van der Waals surface area contributed by atoms with Crippen molar-refractivity contribution in [1.82, 2.24) is 19.8 Å². The fraction of sp³-hybridized carbons (Fsp3) is 0.455. The SMILES string of the molecule is CN1CCN(c2ccc(Nc3ncc4c(n3)N3CCN=C3N(C3CC3)C4=O)cc2)CC1. The number of carbonyl (C=O) groups is 1. The lowest BCUT2D eigenvalue weighted by Gasteiger charge is -2.34. The fourth-order valence-corrected chi connectivity index (χ4v) is 4.46. The lowest BCUT2D eigenvalue weighted by molar-refractivity contribution is 0.0832. The third-order valence-electron chi connectivity index (χ3n) is 6.41. The maximum absolute atomic E-state index is 13.0. The van der Waals surface area contributed by atoms with Gasteiger partial charge in [-0.1, -0.05) is 0 Å². The predicted molar refractivity (Wildman–Crippen MR) is 120 cm³/mol. The molecule has 1 saturated heterocycles. The van der Waals surface area contributed by atoms with E-state index < -0.39 is 0 Å². The van der Waals surface area contributed by atoms with Crippen LogP contribution in [0.15, 0.2) is 35.5 Å². The average Bonchev–Trinajstić information content (AvgIpc) is 3.50. The molecule has 1 saturated carbocycles. The summed E-state index contributed by atoms with van der Waals surface area (Å²) in [5.41, 5.74) is 2.72. The van der Waals surface area contributed by atoms with Crippen LogP contribution in [0.5, 0.6) is 0 Å².